The minimum atomic E-state index is -0.201. The summed E-state index contributed by atoms with van der Waals surface area (Å²) >= 11 is 0. The molecule has 3 aromatic rings. The summed E-state index contributed by atoms with van der Waals surface area (Å²) in [5, 5.41) is 11.1. The molecule has 0 spiro atoms. The number of rotatable bonds is 5. The molecule has 0 unspecified atom stereocenters. The van der Waals surface area contributed by atoms with Gasteiger partial charge in [-0.3, -0.25) is 4.68 Å². The van der Waals surface area contributed by atoms with E-state index in [1.54, 1.807) is 0 Å². The zero-order chi connectivity index (χ0) is 18.0. The lowest BCUT2D eigenvalue weighted by Gasteiger charge is -2.13. The number of nitrogens with zero attached hydrogens (tertiary/aromatic N) is 2. The Morgan fingerprint density at radius 1 is 1.32 bits per heavy atom. The maximum Gasteiger partial charge on any atom is 0.315 e. The zero-order valence-electron chi connectivity index (χ0n) is 15.1. The first kappa shape index (κ1) is 17.1. The Morgan fingerprint density at radius 2 is 2.08 bits per heavy atom. The third-order valence-electron chi connectivity index (χ3n) is 4.64. The number of hydrogen-bond donors (Lipinski definition) is 2. The number of fused-ring (bicyclic) bond motifs is 1. The highest BCUT2D eigenvalue weighted by Gasteiger charge is 2.18. The Labute approximate surface area is 147 Å². The number of benzene rings is 1. The summed E-state index contributed by atoms with van der Waals surface area (Å²) < 4.78 is 7.74. The number of hydrogen-bond acceptors (Lipinski definition) is 3. The minimum Gasteiger partial charge on any atom is -0.459 e. The lowest BCUT2D eigenvalue weighted by atomic mass is 10.1. The maximum absolute atomic E-state index is 12.1. The van der Waals surface area contributed by atoms with E-state index in [1.807, 2.05) is 63.0 Å². The lowest BCUT2D eigenvalue weighted by molar-refractivity contribution is 0.236. The van der Waals surface area contributed by atoms with Crippen LogP contribution in [0, 0.1) is 13.8 Å². The Morgan fingerprint density at radius 3 is 2.76 bits per heavy atom. The fourth-order valence-corrected chi connectivity index (χ4v) is 3.02. The highest BCUT2D eigenvalue weighted by atomic mass is 16.3. The monoisotopic (exact) mass is 340 g/mol. The van der Waals surface area contributed by atoms with Crippen molar-refractivity contribution in [2.75, 3.05) is 6.54 Å². The van der Waals surface area contributed by atoms with Crippen LogP contribution in [0.15, 0.2) is 34.9 Å². The van der Waals surface area contributed by atoms with Crippen LogP contribution >= 0.6 is 0 Å². The van der Waals surface area contributed by atoms with Gasteiger partial charge in [-0.05, 0) is 38.8 Å². The van der Waals surface area contributed by atoms with Gasteiger partial charge in [-0.15, -0.1) is 0 Å². The molecule has 0 saturated carbocycles. The van der Waals surface area contributed by atoms with Crippen LogP contribution in [0.3, 0.4) is 0 Å². The lowest BCUT2D eigenvalue weighted by Crippen LogP contribution is -2.38. The number of aryl methyl sites for hydroxylation is 2. The van der Waals surface area contributed by atoms with Crippen LogP contribution in [0.25, 0.3) is 11.0 Å². The van der Waals surface area contributed by atoms with Crippen molar-refractivity contribution < 1.29 is 9.21 Å². The summed E-state index contributed by atoms with van der Waals surface area (Å²) in [5.74, 6) is 0.791. The number of para-hydroxylation sites is 1. The number of nitrogens with one attached hydrogen (secondary N) is 2. The molecule has 0 saturated heterocycles. The van der Waals surface area contributed by atoms with Gasteiger partial charge in [0.15, 0.2) is 0 Å². The Balaban J connectivity index is 1.56. The van der Waals surface area contributed by atoms with Crippen LogP contribution in [-0.2, 0) is 13.5 Å². The van der Waals surface area contributed by atoms with E-state index in [0.717, 1.165) is 40.0 Å². The van der Waals surface area contributed by atoms with Crippen LogP contribution in [0.1, 0.15) is 35.5 Å². The normalized spacial score (nSPS) is 12.3. The van der Waals surface area contributed by atoms with Gasteiger partial charge < -0.3 is 15.1 Å². The average Bonchev–Trinajstić information content (AvgIpc) is 3.09. The second-order valence-electron chi connectivity index (χ2n) is 6.34. The van der Waals surface area contributed by atoms with E-state index in [-0.39, 0.29) is 12.1 Å². The van der Waals surface area contributed by atoms with Crippen LogP contribution in [0.4, 0.5) is 4.79 Å². The molecule has 2 N–H and O–H groups in total. The van der Waals surface area contributed by atoms with Gasteiger partial charge in [0.05, 0.1) is 12.2 Å². The topological polar surface area (TPSA) is 72.1 Å². The highest BCUT2D eigenvalue weighted by molar-refractivity contribution is 5.82. The van der Waals surface area contributed by atoms with Crippen molar-refractivity contribution in [3.8, 4) is 0 Å². The van der Waals surface area contributed by atoms with Crippen molar-refractivity contribution in [2.45, 2.75) is 33.2 Å². The summed E-state index contributed by atoms with van der Waals surface area (Å²) in [4.78, 5) is 12.1. The predicted octanol–water partition coefficient (Wildman–Crippen LogP) is 3.39. The quantitative estimate of drug-likeness (QED) is 0.748. The maximum atomic E-state index is 12.1. The Bertz CT molecular complexity index is 894. The van der Waals surface area contributed by atoms with E-state index in [9.17, 15) is 4.79 Å². The molecule has 3 rings (SSSR count). The smallest absolute Gasteiger partial charge is 0.315 e. The molecule has 1 aromatic carbocycles. The van der Waals surface area contributed by atoms with Crippen LogP contribution < -0.4 is 10.6 Å². The first-order valence-electron chi connectivity index (χ1n) is 8.47. The minimum absolute atomic E-state index is 0.200. The van der Waals surface area contributed by atoms with Crippen molar-refractivity contribution in [3.63, 3.8) is 0 Å². The molecule has 0 aliphatic rings. The summed E-state index contributed by atoms with van der Waals surface area (Å²) in [5.41, 5.74) is 4.17. The zero-order valence-corrected chi connectivity index (χ0v) is 15.1. The summed E-state index contributed by atoms with van der Waals surface area (Å²) in [7, 11) is 1.91. The molecule has 132 valence electrons. The standard InChI is InChI=1S/C19H24N4O2/c1-12-16-7-5-6-8-17(16)25-18(12)13(2)22-19(24)20-10-9-15-11-21-23(4)14(15)3/h5-8,11,13H,9-10H2,1-4H3,(H2,20,22,24)/t13-/m1/s1. The molecule has 6 heteroatoms. The molecule has 0 bridgehead atoms. The van der Waals surface area contributed by atoms with Gasteiger partial charge in [0, 0.05) is 30.2 Å². The highest BCUT2D eigenvalue weighted by Crippen LogP contribution is 2.28. The SMILES string of the molecule is Cc1c([C@@H](C)NC(=O)NCCc2cnn(C)c2C)oc2ccccc12. The number of amides is 2. The second-order valence-corrected chi connectivity index (χ2v) is 6.34. The number of carbonyl (C=O) groups excluding carboxylic acids is 1. The van der Waals surface area contributed by atoms with Gasteiger partial charge >= 0.3 is 6.03 Å². The van der Waals surface area contributed by atoms with Gasteiger partial charge in [0.1, 0.15) is 11.3 Å². The van der Waals surface area contributed by atoms with E-state index < -0.39 is 0 Å². The molecular weight excluding hydrogens is 316 g/mol. The average molecular weight is 340 g/mol. The van der Waals surface area contributed by atoms with Crippen molar-refractivity contribution in [1.82, 2.24) is 20.4 Å². The van der Waals surface area contributed by atoms with Gasteiger partial charge in [-0.25, -0.2) is 4.79 Å². The number of furan rings is 1. The molecule has 2 heterocycles. The summed E-state index contributed by atoms with van der Waals surface area (Å²) in [6.07, 6.45) is 2.60. The molecule has 6 nitrogen and oxygen atoms in total. The van der Waals surface area contributed by atoms with Crippen LogP contribution in [0.2, 0.25) is 0 Å². The predicted molar refractivity (Wildman–Crippen MR) is 97.5 cm³/mol. The van der Waals surface area contributed by atoms with Gasteiger partial charge in [0.2, 0.25) is 0 Å². The second kappa shape index (κ2) is 7.01. The third kappa shape index (κ3) is 3.52. The molecule has 2 amide bonds. The summed E-state index contributed by atoms with van der Waals surface area (Å²) in [6.45, 7) is 6.52. The fourth-order valence-electron chi connectivity index (χ4n) is 3.02. The number of carbonyl (C=O) groups is 1. The van der Waals surface area contributed by atoms with Crippen LogP contribution in [-0.4, -0.2) is 22.4 Å². The van der Waals surface area contributed by atoms with E-state index in [2.05, 4.69) is 15.7 Å². The fraction of sp³-hybridized carbons (Fsp3) is 0.368. The van der Waals surface area contributed by atoms with E-state index in [4.69, 9.17) is 4.42 Å². The van der Waals surface area contributed by atoms with E-state index in [1.165, 1.54) is 0 Å². The van der Waals surface area contributed by atoms with Gasteiger partial charge in [-0.2, -0.15) is 5.10 Å². The number of aromatic nitrogens is 2. The molecule has 0 aliphatic heterocycles. The van der Waals surface area contributed by atoms with Gasteiger partial charge in [-0.1, -0.05) is 18.2 Å². The van der Waals surface area contributed by atoms with Gasteiger partial charge in [0.25, 0.3) is 0 Å². The van der Waals surface area contributed by atoms with Crippen molar-refractivity contribution in [2.24, 2.45) is 7.05 Å². The molecule has 25 heavy (non-hydrogen) atoms. The van der Waals surface area contributed by atoms with Crippen LogP contribution in [0.5, 0.6) is 0 Å². The third-order valence-corrected chi connectivity index (χ3v) is 4.64. The molecule has 0 fully saturated rings. The molecular formula is C19H24N4O2. The summed E-state index contributed by atoms with van der Waals surface area (Å²) in [6, 6.07) is 7.50. The molecule has 0 radical (unpaired) electrons. The number of urea groups is 1. The van der Waals surface area contributed by atoms with E-state index >= 15 is 0 Å². The van der Waals surface area contributed by atoms with Crippen molar-refractivity contribution in [1.29, 1.82) is 0 Å². The largest absolute Gasteiger partial charge is 0.459 e. The Hall–Kier alpha value is -2.76. The molecule has 2 aromatic heterocycles. The first-order valence-corrected chi connectivity index (χ1v) is 8.47. The first-order chi connectivity index (χ1) is 12.0. The van der Waals surface area contributed by atoms with Crippen molar-refractivity contribution in [3.05, 3.63) is 53.0 Å². The molecule has 1 atom stereocenters. The molecule has 0 aliphatic carbocycles. The Kier molecular flexibility index (Phi) is 4.79. The van der Waals surface area contributed by atoms with Crippen molar-refractivity contribution >= 4 is 17.0 Å². The van der Waals surface area contributed by atoms with E-state index in [0.29, 0.717) is 6.54 Å².